The zero-order valence-corrected chi connectivity index (χ0v) is 11.2. The molecule has 106 valence electrons. The van der Waals surface area contributed by atoms with E-state index in [1.807, 2.05) is 13.8 Å². The number of aliphatic hydroxyl groups is 1. The molecule has 1 aromatic carbocycles. The molecule has 0 spiro atoms. The summed E-state index contributed by atoms with van der Waals surface area (Å²) in [5.41, 5.74) is 0.218. The van der Waals surface area contributed by atoms with E-state index in [0.717, 1.165) is 0 Å². The molecule has 1 heterocycles. The minimum atomic E-state index is -0.589. The van der Waals surface area contributed by atoms with Crippen LogP contribution in [0.25, 0.3) is 11.4 Å². The normalized spacial score (nSPS) is 12.6. The number of para-hydroxylation sites is 1. The number of aliphatic hydroxyl groups excluding tert-OH is 1. The monoisotopic (exact) mass is 277 g/mol. The van der Waals surface area contributed by atoms with Crippen molar-refractivity contribution in [3.63, 3.8) is 0 Å². The molecule has 2 aromatic rings. The van der Waals surface area contributed by atoms with Gasteiger partial charge in [0, 0.05) is 6.07 Å². The third kappa shape index (κ3) is 3.00. The van der Waals surface area contributed by atoms with E-state index < -0.39 is 11.0 Å². The molecule has 0 bridgehead atoms. The van der Waals surface area contributed by atoms with Crippen molar-refractivity contribution in [3.8, 4) is 11.4 Å². The second kappa shape index (κ2) is 5.79. The third-order valence-electron chi connectivity index (χ3n) is 2.96. The van der Waals surface area contributed by atoms with Gasteiger partial charge in [-0.1, -0.05) is 31.1 Å². The lowest BCUT2D eigenvalue weighted by Crippen LogP contribution is -2.17. The highest BCUT2D eigenvalue weighted by Gasteiger charge is 2.20. The molecule has 20 heavy (non-hydrogen) atoms. The molecular formula is C13H15N3O4. The Hall–Kier alpha value is -2.28. The number of hydrogen-bond donors (Lipinski definition) is 1. The van der Waals surface area contributed by atoms with Gasteiger partial charge in [0.05, 0.1) is 17.4 Å². The van der Waals surface area contributed by atoms with Gasteiger partial charge in [-0.25, -0.2) is 0 Å². The van der Waals surface area contributed by atoms with E-state index in [9.17, 15) is 15.2 Å². The number of rotatable bonds is 5. The van der Waals surface area contributed by atoms with E-state index in [-0.39, 0.29) is 29.7 Å². The van der Waals surface area contributed by atoms with Crippen molar-refractivity contribution >= 4 is 5.69 Å². The molecule has 0 fully saturated rings. The fourth-order valence-electron chi connectivity index (χ4n) is 1.68. The van der Waals surface area contributed by atoms with Gasteiger partial charge >= 0.3 is 0 Å². The molecule has 0 radical (unpaired) electrons. The average Bonchev–Trinajstić information content (AvgIpc) is 2.87. The minimum Gasteiger partial charge on any atom is -0.392 e. The van der Waals surface area contributed by atoms with Gasteiger partial charge in [-0.05, 0) is 12.0 Å². The maximum Gasteiger partial charge on any atom is 0.280 e. The number of nitro groups is 1. The van der Waals surface area contributed by atoms with Crippen molar-refractivity contribution < 1.29 is 14.6 Å². The summed E-state index contributed by atoms with van der Waals surface area (Å²) in [4.78, 5) is 14.6. The van der Waals surface area contributed by atoms with Gasteiger partial charge in [-0.3, -0.25) is 10.1 Å². The van der Waals surface area contributed by atoms with Crippen LogP contribution in [-0.2, 0) is 6.42 Å². The minimum absolute atomic E-state index is 0.0661. The first kappa shape index (κ1) is 14.1. The van der Waals surface area contributed by atoms with Crippen LogP contribution >= 0.6 is 0 Å². The summed E-state index contributed by atoms with van der Waals surface area (Å²) in [5, 5.41) is 24.5. The molecule has 1 N–H and O–H groups in total. The average molecular weight is 277 g/mol. The number of nitro benzene ring substituents is 1. The van der Waals surface area contributed by atoms with Crippen molar-refractivity contribution in [3.05, 3.63) is 40.3 Å². The fourth-order valence-corrected chi connectivity index (χ4v) is 1.68. The summed E-state index contributed by atoms with van der Waals surface area (Å²) >= 11 is 0. The summed E-state index contributed by atoms with van der Waals surface area (Å²) in [6.45, 7) is 3.76. The molecule has 0 amide bonds. The highest BCUT2D eigenvalue weighted by atomic mass is 16.6. The van der Waals surface area contributed by atoms with E-state index in [1.54, 1.807) is 18.2 Å². The predicted molar refractivity (Wildman–Crippen MR) is 70.9 cm³/mol. The number of aromatic nitrogens is 2. The molecule has 0 aliphatic rings. The van der Waals surface area contributed by atoms with E-state index >= 15 is 0 Å². The smallest absolute Gasteiger partial charge is 0.280 e. The van der Waals surface area contributed by atoms with Crippen LogP contribution in [0, 0.1) is 16.0 Å². The molecule has 7 nitrogen and oxygen atoms in total. The lowest BCUT2D eigenvalue weighted by molar-refractivity contribution is -0.384. The lowest BCUT2D eigenvalue weighted by atomic mass is 10.0. The van der Waals surface area contributed by atoms with Gasteiger partial charge in [0.2, 0.25) is 11.7 Å². The van der Waals surface area contributed by atoms with Crippen LogP contribution in [0.1, 0.15) is 19.7 Å². The van der Waals surface area contributed by atoms with Crippen LogP contribution in [0.2, 0.25) is 0 Å². The standard InChI is InChI=1S/C13H15N3O4/c1-8(2)11(17)7-12-14-13(15-20-12)9-5-3-4-6-10(9)16(18)19/h3-6,8,11,17H,7H2,1-2H3. The van der Waals surface area contributed by atoms with E-state index in [4.69, 9.17) is 4.52 Å². The van der Waals surface area contributed by atoms with Crippen molar-refractivity contribution in [2.75, 3.05) is 0 Å². The third-order valence-corrected chi connectivity index (χ3v) is 2.96. The summed E-state index contributed by atoms with van der Waals surface area (Å²) in [5.74, 6) is 0.485. The number of benzene rings is 1. The van der Waals surface area contributed by atoms with Gasteiger partial charge < -0.3 is 9.63 Å². The topological polar surface area (TPSA) is 102 Å². The van der Waals surface area contributed by atoms with E-state index in [2.05, 4.69) is 10.1 Å². The largest absolute Gasteiger partial charge is 0.392 e. The van der Waals surface area contributed by atoms with E-state index in [0.29, 0.717) is 5.56 Å². The summed E-state index contributed by atoms with van der Waals surface area (Å²) in [7, 11) is 0. The van der Waals surface area contributed by atoms with Gasteiger partial charge in [0.15, 0.2) is 0 Å². The lowest BCUT2D eigenvalue weighted by Gasteiger charge is -2.10. The fraction of sp³-hybridized carbons (Fsp3) is 0.385. The van der Waals surface area contributed by atoms with Gasteiger partial charge in [0.25, 0.3) is 5.69 Å². The van der Waals surface area contributed by atoms with E-state index in [1.165, 1.54) is 6.07 Å². The molecule has 0 aliphatic heterocycles. The van der Waals surface area contributed by atoms with Crippen LogP contribution < -0.4 is 0 Å². The maximum atomic E-state index is 10.9. The number of nitrogens with zero attached hydrogens (tertiary/aromatic N) is 3. The second-order valence-corrected chi connectivity index (χ2v) is 4.80. The molecule has 2 rings (SSSR count). The van der Waals surface area contributed by atoms with Crippen LogP contribution in [0.4, 0.5) is 5.69 Å². The first-order chi connectivity index (χ1) is 9.49. The van der Waals surface area contributed by atoms with Crippen LogP contribution in [-0.4, -0.2) is 26.3 Å². The molecule has 0 saturated carbocycles. The second-order valence-electron chi connectivity index (χ2n) is 4.80. The Morgan fingerprint density at radius 3 is 2.75 bits per heavy atom. The Labute approximate surface area is 115 Å². The molecular weight excluding hydrogens is 262 g/mol. The highest BCUT2D eigenvalue weighted by molar-refractivity contribution is 5.67. The van der Waals surface area contributed by atoms with Gasteiger partial charge in [-0.15, -0.1) is 0 Å². The molecule has 0 aliphatic carbocycles. The van der Waals surface area contributed by atoms with Crippen LogP contribution in [0.3, 0.4) is 0 Å². The van der Waals surface area contributed by atoms with Crippen LogP contribution in [0.15, 0.2) is 28.8 Å². The van der Waals surface area contributed by atoms with Crippen molar-refractivity contribution in [1.29, 1.82) is 0 Å². The Kier molecular flexibility index (Phi) is 4.09. The zero-order valence-electron chi connectivity index (χ0n) is 11.2. The predicted octanol–water partition coefficient (Wildman–Crippen LogP) is 2.20. The Bertz CT molecular complexity index is 609. The number of hydrogen-bond acceptors (Lipinski definition) is 6. The van der Waals surface area contributed by atoms with Crippen molar-refractivity contribution in [2.45, 2.75) is 26.4 Å². The Balaban J connectivity index is 2.27. The summed E-state index contributed by atoms with van der Waals surface area (Å²) in [6, 6.07) is 6.19. The Morgan fingerprint density at radius 2 is 2.10 bits per heavy atom. The van der Waals surface area contributed by atoms with Crippen molar-refractivity contribution in [2.24, 2.45) is 5.92 Å². The first-order valence-electron chi connectivity index (χ1n) is 6.23. The molecule has 1 atom stereocenters. The quantitative estimate of drug-likeness (QED) is 0.664. The van der Waals surface area contributed by atoms with Crippen molar-refractivity contribution in [1.82, 2.24) is 10.1 Å². The molecule has 7 heteroatoms. The molecule has 1 unspecified atom stereocenters. The van der Waals surface area contributed by atoms with Gasteiger partial charge in [-0.2, -0.15) is 4.98 Å². The maximum absolute atomic E-state index is 10.9. The highest BCUT2D eigenvalue weighted by Crippen LogP contribution is 2.27. The zero-order chi connectivity index (χ0) is 14.7. The first-order valence-corrected chi connectivity index (χ1v) is 6.23. The molecule has 1 aromatic heterocycles. The summed E-state index contributed by atoms with van der Waals surface area (Å²) < 4.78 is 5.03. The van der Waals surface area contributed by atoms with Gasteiger partial charge in [0.1, 0.15) is 5.56 Å². The Morgan fingerprint density at radius 1 is 1.40 bits per heavy atom. The van der Waals surface area contributed by atoms with Crippen LogP contribution in [0.5, 0.6) is 0 Å². The molecule has 0 saturated heterocycles. The SMILES string of the molecule is CC(C)C(O)Cc1nc(-c2ccccc2[N+](=O)[O-])no1. The summed E-state index contributed by atoms with van der Waals surface area (Å²) in [6.07, 6.45) is -0.361.